The molecule has 0 saturated heterocycles. The molecule has 4 aromatic rings. The Morgan fingerprint density at radius 3 is 2.35 bits per heavy atom. The molecule has 1 saturated carbocycles. The molecule has 2 heterocycles. The third kappa shape index (κ3) is 5.47. The summed E-state index contributed by atoms with van der Waals surface area (Å²) in [6, 6.07) is 19.3. The highest BCUT2D eigenvalue weighted by atomic mass is 32.2. The van der Waals surface area contributed by atoms with E-state index in [1.807, 2.05) is 68.4 Å². The van der Waals surface area contributed by atoms with Gasteiger partial charge in [-0.25, -0.2) is 17.4 Å². The molecule has 1 aliphatic rings. The van der Waals surface area contributed by atoms with Crippen LogP contribution in [0.3, 0.4) is 0 Å². The maximum Gasteiger partial charge on any atom is 0.267 e. The van der Waals surface area contributed by atoms with Crippen molar-refractivity contribution >= 4 is 32.7 Å². The molecule has 2 N–H and O–H groups in total. The van der Waals surface area contributed by atoms with Gasteiger partial charge in [-0.1, -0.05) is 29.8 Å². The summed E-state index contributed by atoms with van der Waals surface area (Å²) in [4.78, 5) is 11.8. The molecule has 1 aliphatic carbocycles. The van der Waals surface area contributed by atoms with Gasteiger partial charge in [-0.3, -0.25) is 0 Å². The van der Waals surface area contributed by atoms with Crippen LogP contribution < -0.4 is 15.5 Å². The SMILES string of the molecule is Cc1ccc(S(=O)(=O)n2cccc2CN[C@H]2CC[C@@H](Nc3nc(N(C)C)c4ccccc4n3)CC2)cc1. The fraction of sp³-hybridized carbons (Fsp3) is 0.357. The molecule has 2 aromatic carbocycles. The molecule has 5 rings (SSSR count). The lowest BCUT2D eigenvalue weighted by Gasteiger charge is -2.30. The third-order valence-corrected chi connectivity index (χ3v) is 8.75. The minimum absolute atomic E-state index is 0.301. The molecule has 9 heteroatoms. The van der Waals surface area contributed by atoms with Crippen molar-refractivity contribution in [1.82, 2.24) is 19.3 Å². The molecule has 0 unspecified atom stereocenters. The van der Waals surface area contributed by atoms with E-state index in [-0.39, 0.29) is 0 Å². The zero-order valence-electron chi connectivity index (χ0n) is 21.6. The molecule has 0 aliphatic heterocycles. The molecule has 1 fully saturated rings. The van der Waals surface area contributed by atoms with Crippen LogP contribution in [-0.2, 0) is 16.6 Å². The monoisotopic (exact) mass is 518 g/mol. The van der Waals surface area contributed by atoms with Crippen LogP contribution in [-0.4, -0.2) is 48.5 Å². The largest absolute Gasteiger partial charge is 0.362 e. The highest BCUT2D eigenvalue weighted by molar-refractivity contribution is 7.90. The second-order valence-electron chi connectivity index (χ2n) is 9.97. The third-order valence-electron chi connectivity index (χ3n) is 7.01. The summed E-state index contributed by atoms with van der Waals surface area (Å²) < 4.78 is 27.7. The van der Waals surface area contributed by atoms with Crippen molar-refractivity contribution in [3.05, 3.63) is 78.1 Å². The summed E-state index contributed by atoms with van der Waals surface area (Å²) in [5.41, 5.74) is 2.70. The van der Waals surface area contributed by atoms with Gasteiger partial charge in [0, 0.05) is 50.0 Å². The molecule has 8 nitrogen and oxygen atoms in total. The number of hydrogen-bond donors (Lipinski definition) is 2. The van der Waals surface area contributed by atoms with Crippen molar-refractivity contribution in [3.63, 3.8) is 0 Å². The summed E-state index contributed by atoms with van der Waals surface area (Å²) in [6.45, 7) is 2.45. The number of benzene rings is 2. The zero-order chi connectivity index (χ0) is 26.0. The van der Waals surface area contributed by atoms with E-state index < -0.39 is 10.0 Å². The van der Waals surface area contributed by atoms with Crippen LogP contribution in [0.25, 0.3) is 10.9 Å². The van der Waals surface area contributed by atoms with Gasteiger partial charge in [0.1, 0.15) is 5.82 Å². The average molecular weight is 519 g/mol. The predicted octanol–water partition coefficient (Wildman–Crippen LogP) is 4.56. The van der Waals surface area contributed by atoms with Crippen molar-refractivity contribution in [2.75, 3.05) is 24.3 Å². The van der Waals surface area contributed by atoms with Crippen LogP contribution in [0.1, 0.15) is 36.9 Å². The van der Waals surface area contributed by atoms with Crippen LogP contribution in [0.5, 0.6) is 0 Å². The fourth-order valence-electron chi connectivity index (χ4n) is 4.94. The maximum atomic E-state index is 13.2. The van der Waals surface area contributed by atoms with Gasteiger partial charge in [-0.05, 0) is 69.0 Å². The second kappa shape index (κ2) is 10.5. The Kier molecular flexibility index (Phi) is 7.17. The van der Waals surface area contributed by atoms with Gasteiger partial charge in [0.25, 0.3) is 10.0 Å². The summed E-state index contributed by atoms with van der Waals surface area (Å²) in [7, 11) is 0.380. The van der Waals surface area contributed by atoms with Crippen LogP contribution >= 0.6 is 0 Å². The maximum absolute atomic E-state index is 13.2. The van der Waals surface area contributed by atoms with Gasteiger partial charge in [0.05, 0.1) is 10.4 Å². The Labute approximate surface area is 218 Å². The molecular weight excluding hydrogens is 484 g/mol. The Morgan fingerprint density at radius 1 is 0.919 bits per heavy atom. The highest BCUT2D eigenvalue weighted by Crippen LogP contribution is 2.26. The van der Waals surface area contributed by atoms with Crippen molar-refractivity contribution in [2.45, 2.75) is 56.1 Å². The smallest absolute Gasteiger partial charge is 0.267 e. The Balaban J connectivity index is 1.19. The number of nitrogens with zero attached hydrogens (tertiary/aromatic N) is 4. The van der Waals surface area contributed by atoms with Gasteiger partial charge < -0.3 is 15.5 Å². The van der Waals surface area contributed by atoms with E-state index in [0.29, 0.717) is 29.5 Å². The summed E-state index contributed by atoms with van der Waals surface area (Å²) >= 11 is 0. The number of rotatable bonds is 8. The second-order valence-corrected chi connectivity index (χ2v) is 11.8. The standard InChI is InChI=1S/C28H34N6O2S/c1-20-10-16-24(17-11-20)37(35,36)34-18-6-7-23(34)19-29-21-12-14-22(15-13-21)30-28-31-26-9-5-4-8-25(26)27(32-28)33(2)3/h4-11,16-18,21-22,29H,12-15,19H2,1-3H3,(H,30,31,32)/t21-,22+. The van der Waals surface area contributed by atoms with E-state index in [1.54, 1.807) is 24.4 Å². The first kappa shape index (κ1) is 25.2. The number of hydrogen-bond acceptors (Lipinski definition) is 7. The molecule has 0 amide bonds. The van der Waals surface area contributed by atoms with Gasteiger partial charge in [-0.15, -0.1) is 0 Å². The van der Waals surface area contributed by atoms with E-state index >= 15 is 0 Å². The lowest BCUT2D eigenvalue weighted by atomic mass is 9.91. The van der Waals surface area contributed by atoms with Crippen LogP contribution in [0, 0.1) is 6.92 Å². The summed E-state index contributed by atoms with van der Waals surface area (Å²) in [5.74, 6) is 1.57. The number of para-hydroxylation sites is 1. The van der Waals surface area contributed by atoms with E-state index in [4.69, 9.17) is 9.97 Å². The van der Waals surface area contributed by atoms with Gasteiger partial charge in [0.2, 0.25) is 5.95 Å². The first-order valence-corrected chi connectivity index (χ1v) is 14.2. The molecule has 2 aromatic heterocycles. The van der Waals surface area contributed by atoms with Crippen molar-refractivity contribution in [2.24, 2.45) is 0 Å². The van der Waals surface area contributed by atoms with Crippen molar-refractivity contribution < 1.29 is 8.42 Å². The number of aryl methyl sites for hydroxylation is 1. The predicted molar refractivity (Wildman–Crippen MR) is 149 cm³/mol. The topological polar surface area (TPSA) is 92.2 Å². The summed E-state index contributed by atoms with van der Waals surface area (Å²) in [6.07, 6.45) is 5.61. The first-order chi connectivity index (χ1) is 17.8. The van der Waals surface area contributed by atoms with Gasteiger partial charge >= 0.3 is 0 Å². The van der Waals surface area contributed by atoms with Crippen molar-refractivity contribution in [1.29, 1.82) is 0 Å². The van der Waals surface area contributed by atoms with Gasteiger partial charge in [0.15, 0.2) is 0 Å². The molecule has 0 spiro atoms. The molecule has 194 valence electrons. The lowest BCUT2D eigenvalue weighted by molar-refractivity contribution is 0.350. The molecular formula is C28H34N6O2S. The first-order valence-electron chi connectivity index (χ1n) is 12.7. The number of aromatic nitrogens is 3. The van der Waals surface area contributed by atoms with Crippen LogP contribution in [0.2, 0.25) is 0 Å². The molecule has 0 bridgehead atoms. The minimum Gasteiger partial charge on any atom is -0.362 e. The van der Waals surface area contributed by atoms with Crippen molar-refractivity contribution in [3.8, 4) is 0 Å². The van der Waals surface area contributed by atoms with E-state index in [9.17, 15) is 8.42 Å². The quantitative estimate of drug-likeness (QED) is 0.353. The highest BCUT2D eigenvalue weighted by Gasteiger charge is 2.24. The number of fused-ring (bicyclic) bond motifs is 1. The van der Waals surface area contributed by atoms with Gasteiger partial charge in [-0.2, -0.15) is 4.98 Å². The summed E-state index contributed by atoms with van der Waals surface area (Å²) in [5, 5.41) is 8.17. The van der Waals surface area contributed by atoms with E-state index in [0.717, 1.165) is 53.7 Å². The Hall–Kier alpha value is -3.43. The number of anilines is 2. The average Bonchev–Trinajstić information content (AvgIpc) is 3.38. The normalized spacial score (nSPS) is 18.1. The van der Waals surface area contributed by atoms with Crippen LogP contribution in [0.4, 0.5) is 11.8 Å². The lowest BCUT2D eigenvalue weighted by Crippen LogP contribution is -2.37. The van der Waals surface area contributed by atoms with E-state index in [1.165, 1.54) is 3.97 Å². The minimum atomic E-state index is -3.62. The zero-order valence-corrected chi connectivity index (χ0v) is 22.4. The van der Waals surface area contributed by atoms with E-state index in [2.05, 4.69) is 10.6 Å². The molecule has 0 atom stereocenters. The molecule has 0 radical (unpaired) electrons. The number of nitrogens with one attached hydrogen (secondary N) is 2. The Morgan fingerprint density at radius 2 is 1.62 bits per heavy atom. The van der Waals surface area contributed by atoms with Crippen LogP contribution in [0.15, 0.2) is 71.8 Å². The molecule has 37 heavy (non-hydrogen) atoms. The Bertz CT molecular complexity index is 1470. The fourth-order valence-corrected chi connectivity index (χ4v) is 6.31.